The van der Waals surface area contributed by atoms with E-state index in [0.29, 0.717) is 18.8 Å². The minimum Gasteiger partial charge on any atom is -0.480 e. The van der Waals surface area contributed by atoms with Crippen molar-refractivity contribution in [2.75, 3.05) is 0 Å². The number of rotatable bonds is 9. The molecule has 0 bridgehead atoms. The lowest BCUT2D eigenvalue weighted by Crippen LogP contribution is -2.55. The lowest BCUT2D eigenvalue weighted by atomic mass is 9.84. The van der Waals surface area contributed by atoms with Crippen LogP contribution in [0.25, 0.3) is 0 Å². The zero-order valence-corrected chi connectivity index (χ0v) is 16.7. The van der Waals surface area contributed by atoms with E-state index in [9.17, 15) is 24.6 Å². The Morgan fingerprint density at radius 2 is 1.74 bits per heavy atom. The molecule has 0 spiro atoms. The Balaban J connectivity index is 2.04. The van der Waals surface area contributed by atoms with E-state index in [4.69, 9.17) is 0 Å². The fourth-order valence-electron chi connectivity index (χ4n) is 4.60. The number of carbonyl (C=O) groups excluding carboxylic acids is 1. The smallest absolute Gasteiger partial charge is 0.326 e. The average Bonchev–Trinajstić information content (AvgIpc) is 2.99. The van der Waals surface area contributed by atoms with Crippen LogP contribution in [0.3, 0.4) is 0 Å². The van der Waals surface area contributed by atoms with Gasteiger partial charge < -0.3 is 15.1 Å². The van der Waals surface area contributed by atoms with Crippen LogP contribution >= 0.6 is 0 Å². The maximum atomic E-state index is 13.1. The van der Waals surface area contributed by atoms with Crippen molar-refractivity contribution in [1.29, 1.82) is 0 Å². The van der Waals surface area contributed by atoms with Crippen molar-refractivity contribution in [3.63, 3.8) is 0 Å². The van der Waals surface area contributed by atoms with Gasteiger partial charge in [-0.25, -0.2) is 4.79 Å². The molecule has 7 heteroatoms. The van der Waals surface area contributed by atoms with Gasteiger partial charge in [0.2, 0.25) is 5.91 Å². The summed E-state index contributed by atoms with van der Waals surface area (Å²) < 4.78 is 0. The minimum atomic E-state index is -0.967. The highest BCUT2D eigenvalue weighted by molar-refractivity contribution is 5.88. The van der Waals surface area contributed by atoms with Gasteiger partial charge in [-0.3, -0.25) is 14.9 Å². The summed E-state index contributed by atoms with van der Waals surface area (Å²) in [6.07, 6.45) is 6.57. The van der Waals surface area contributed by atoms with Crippen LogP contribution in [0.4, 0.5) is 0 Å². The maximum Gasteiger partial charge on any atom is 0.326 e. The van der Waals surface area contributed by atoms with Crippen molar-refractivity contribution >= 4 is 17.8 Å². The monoisotopic (exact) mass is 382 g/mol. The number of likely N-dealkylation sites (tertiary alicyclic amines) is 1. The molecule has 2 aliphatic rings. The first kappa shape index (κ1) is 21.7. The van der Waals surface area contributed by atoms with Crippen LogP contribution in [-0.2, 0) is 14.4 Å². The summed E-state index contributed by atoms with van der Waals surface area (Å²) in [4.78, 5) is 37.9. The van der Waals surface area contributed by atoms with Crippen LogP contribution in [-0.4, -0.2) is 57.1 Å². The Bertz CT molecular complexity index is 550. The molecule has 3 N–H and O–H groups in total. The number of carboxylic acid groups (broad SMARTS) is 2. The second-order valence-electron chi connectivity index (χ2n) is 8.55. The molecule has 0 aromatic heterocycles. The summed E-state index contributed by atoms with van der Waals surface area (Å²) in [5, 5.41) is 22.0. The van der Waals surface area contributed by atoms with Gasteiger partial charge >= 0.3 is 11.9 Å². The number of aliphatic carboxylic acids is 2. The van der Waals surface area contributed by atoms with E-state index in [1.165, 1.54) is 4.90 Å². The molecule has 1 saturated carbocycles. The second kappa shape index (κ2) is 9.53. The molecule has 0 aromatic carbocycles. The van der Waals surface area contributed by atoms with Gasteiger partial charge in [-0.2, -0.15) is 0 Å². The number of fused-ring (bicyclic) bond motifs is 1. The molecule has 1 heterocycles. The van der Waals surface area contributed by atoms with Gasteiger partial charge in [-0.15, -0.1) is 0 Å². The predicted octanol–water partition coefficient (Wildman–Crippen LogP) is 2.49. The van der Waals surface area contributed by atoms with Crippen LogP contribution in [0, 0.1) is 11.8 Å². The zero-order valence-electron chi connectivity index (χ0n) is 16.7. The SMILES string of the molecule is CC(C)CCCC(N[C@@H](C)C(=O)N1C2CCCCC2C[C@H]1C(=O)O)C(=O)O. The molecule has 5 atom stereocenters. The summed E-state index contributed by atoms with van der Waals surface area (Å²) in [7, 11) is 0. The predicted molar refractivity (Wildman–Crippen MR) is 101 cm³/mol. The fourth-order valence-corrected chi connectivity index (χ4v) is 4.60. The van der Waals surface area contributed by atoms with E-state index in [2.05, 4.69) is 19.2 Å². The van der Waals surface area contributed by atoms with Gasteiger partial charge in [-0.1, -0.05) is 39.5 Å². The lowest BCUT2D eigenvalue weighted by molar-refractivity contribution is -0.151. The summed E-state index contributed by atoms with van der Waals surface area (Å²) in [6, 6.07) is -2.33. The van der Waals surface area contributed by atoms with Gasteiger partial charge in [0.1, 0.15) is 12.1 Å². The number of hydrogen-bond acceptors (Lipinski definition) is 4. The third kappa shape index (κ3) is 5.43. The normalized spacial score (nSPS) is 27.3. The summed E-state index contributed by atoms with van der Waals surface area (Å²) in [5.74, 6) is -1.46. The number of carbonyl (C=O) groups is 3. The van der Waals surface area contributed by atoms with E-state index in [-0.39, 0.29) is 17.9 Å². The first-order chi connectivity index (χ1) is 12.7. The van der Waals surface area contributed by atoms with Gasteiger partial charge in [-0.05, 0) is 44.4 Å². The van der Waals surface area contributed by atoms with E-state index >= 15 is 0 Å². The van der Waals surface area contributed by atoms with Gasteiger partial charge in [0.15, 0.2) is 0 Å². The molecule has 1 aliphatic heterocycles. The molecular formula is C20H34N2O5. The number of nitrogens with zero attached hydrogens (tertiary/aromatic N) is 1. The highest BCUT2D eigenvalue weighted by Crippen LogP contribution is 2.40. The van der Waals surface area contributed by atoms with Crippen LogP contribution in [0.1, 0.15) is 72.1 Å². The molecule has 1 aliphatic carbocycles. The Morgan fingerprint density at radius 3 is 2.33 bits per heavy atom. The first-order valence-electron chi connectivity index (χ1n) is 10.3. The van der Waals surface area contributed by atoms with Gasteiger partial charge in [0.25, 0.3) is 0 Å². The lowest BCUT2D eigenvalue weighted by Gasteiger charge is -2.35. The van der Waals surface area contributed by atoms with Crippen molar-refractivity contribution in [3.8, 4) is 0 Å². The van der Waals surface area contributed by atoms with Crippen molar-refractivity contribution < 1.29 is 24.6 Å². The molecule has 2 rings (SSSR count). The minimum absolute atomic E-state index is 0.0270. The summed E-state index contributed by atoms with van der Waals surface area (Å²) >= 11 is 0. The molecule has 0 radical (unpaired) electrons. The van der Waals surface area contributed by atoms with E-state index in [0.717, 1.165) is 38.5 Å². The molecular weight excluding hydrogens is 348 g/mol. The van der Waals surface area contributed by atoms with Crippen LogP contribution in [0.2, 0.25) is 0 Å². The number of amides is 1. The molecule has 2 fully saturated rings. The van der Waals surface area contributed by atoms with E-state index in [1.807, 2.05) is 0 Å². The second-order valence-corrected chi connectivity index (χ2v) is 8.55. The number of nitrogens with one attached hydrogen (secondary N) is 1. The quantitative estimate of drug-likeness (QED) is 0.566. The molecule has 0 aromatic rings. The van der Waals surface area contributed by atoms with Crippen molar-refractivity contribution in [3.05, 3.63) is 0 Å². The van der Waals surface area contributed by atoms with Crippen LogP contribution in [0.5, 0.6) is 0 Å². The maximum absolute atomic E-state index is 13.1. The summed E-state index contributed by atoms with van der Waals surface area (Å²) in [5.41, 5.74) is 0. The standard InChI is InChI=1S/C20H34N2O5/c1-12(2)7-6-9-15(19(24)25)21-13(3)18(23)22-16-10-5-4-8-14(16)11-17(22)20(26)27/h12-17,21H,4-11H2,1-3H3,(H,24,25)(H,26,27)/t13-,14?,15?,16?,17-/m0/s1. The third-order valence-corrected chi connectivity index (χ3v) is 6.02. The average molecular weight is 383 g/mol. The molecule has 154 valence electrons. The van der Waals surface area contributed by atoms with Crippen molar-refractivity contribution in [2.45, 2.75) is 96.3 Å². The first-order valence-corrected chi connectivity index (χ1v) is 10.3. The summed E-state index contributed by atoms with van der Waals surface area (Å²) in [6.45, 7) is 5.83. The van der Waals surface area contributed by atoms with E-state index in [1.54, 1.807) is 6.92 Å². The van der Waals surface area contributed by atoms with Gasteiger partial charge in [0.05, 0.1) is 6.04 Å². The third-order valence-electron chi connectivity index (χ3n) is 6.02. The highest BCUT2D eigenvalue weighted by atomic mass is 16.4. The number of hydrogen-bond donors (Lipinski definition) is 3. The molecule has 7 nitrogen and oxygen atoms in total. The Labute approximate surface area is 161 Å². The van der Waals surface area contributed by atoms with Crippen molar-refractivity contribution in [2.24, 2.45) is 11.8 Å². The number of carboxylic acids is 2. The largest absolute Gasteiger partial charge is 0.480 e. The Kier molecular flexibility index (Phi) is 7.65. The van der Waals surface area contributed by atoms with Crippen LogP contribution < -0.4 is 5.32 Å². The van der Waals surface area contributed by atoms with Crippen LogP contribution in [0.15, 0.2) is 0 Å². The van der Waals surface area contributed by atoms with Gasteiger partial charge in [0, 0.05) is 6.04 Å². The fraction of sp³-hybridized carbons (Fsp3) is 0.850. The molecule has 1 amide bonds. The Hall–Kier alpha value is -1.63. The van der Waals surface area contributed by atoms with E-state index < -0.39 is 30.1 Å². The molecule has 1 saturated heterocycles. The molecule has 3 unspecified atom stereocenters. The molecule has 27 heavy (non-hydrogen) atoms. The Morgan fingerprint density at radius 1 is 1.07 bits per heavy atom. The zero-order chi connectivity index (χ0) is 20.1. The highest BCUT2D eigenvalue weighted by Gasteiger charge is 2.48. The van der Waals surface area contributed by atoms with Crippen molar-refractivity contribution in [1.82, 2.24) is 10.2 Å². The topological polar surface area (TPSA) is 107 Å².